The number of aryl methyl sites for hydroxylation is 1. The first-order valence-corrected chi connectivity index (χ1v) is 5.74. The SMILES string of the molecule is CCOC(=O)c1ccc(CCCCl)c(F)c1. The topological polar surface area (TPSA) is 26.3 Å². The predicted octanol–water partition coefficient (Wildman–Crippen LogP) is 3.17. The average molecular weight is 245 g/mol. The van der Waals surface area contributed by atoms with Gasteiger partial charge in [0.2, 0.25) is 0 Å². The summed E-state index contributed by atoms with van der Waals surface area (Å²) in [4.78, 5) is 11.3. The number of hydrogen-bond donors (Lipinski definition) is 0. The van der Waals surface area contributed by atoms with E-state index < -0.39 is 5.97 Å². The number of alkyl halides is 1. The van der Waals surface area contributed by atoms with Crippen molar-refractivity contribution in [2.75, 3.05) is 12.5 Å². The van der Waals surface area contributed by atoms with E-state index in [0.717, 1.165) is 6.42 Å². The van der Waals surface area contributed by atoms with E-state index in [9.17, 15) is 9.18 Å². The number of benzene rings is 1. The summed E-state index contributed by atoms with van der Waals surface area (Å²) in [5.74, 6) is -0.375. The highest BCUT2D eigenvalue weighted by Gasteiger charge is 2.09. The van der Waals surface area contributed by atoms with Crippen molar-refractivity contribution in [1.82, 2.24) is 0 Å². The molecule has 1 aromatic carbocycles. The Morgan fingerprint density at radius 1 is 1.50 bits per heavy atom. The Kier molecular flexibility index (Phi) is 5.26. The molecule has 0 N–H and O–H groups in total. The van der Waals surface area contributed by atoms with Crippen LogP contribution in [-0.2, 0) is 11.2 Å². The van der Waals surface area contributed by atoms with Gasteiger partial charge in [-0.2, -0.15) is 0 Å². The molecule has 0 aliphatic carbocycles. The van der Waals surface area contributed by atoms with Crippen molar-refractivity contribution in [2.24, 2.45) is 0 Å². The maximum atomic E-state index is 13.5. The lowest BCUT2D eigenvalue weighted by molar-refractivity contribution is 0.0526. The Morgan fingerprint density at radius 3 is 2.81 bits per heavy atom. The summed E-state index contributed by atoms with van der Waals surface area (Å²) in [5.41, 5.74) is 0.822. The molecule has 0 spiro atoms. The highest BCUT2D eigenvalue weighted by Crippen LogP contribution is 2.13. The lowest BCUT2D eigenvalue weighted by Crippen LogP contribution is -2.05. The second-order valence-corrected chi connectivity index (χ2v) is 3.70. The minimum absolute atomic E-state index is 0.244. The molecule has 1 rings (SSSR count). The van der Waals surface area contributed by atoms with Gasteiger partial charge in [0, 0.05) is 5.88 Å². The summed E-state index contributed by atoms with van der Waals surface area (Å²) in [6.45, 7) is 2.00. The minimum Gasteiger partial charge on any atom is -0.462 e. The fraction of sp³-hybridized carbons (Fsp3) is 0.417. The molecule has 0 aliphatic heterocycles. The van der Waals surface area contributed by atoms with Crippen molar-refractivity contribution >= 4 is 17.6 Å². The minimum atomic E-state index is -0.495. The predicted molar refractivity (Wildman–Crippen MR) is 61.4 cm³/mol. The molecule has 0 unspecified atom stereocenters. The van der Waals surface area contributed by atoms with Crippen LogP contribution in [0.5, 0.6) is 0 Å². The van der Waals surface area contributed by atoms with Gasteiger partial charge in [-0.05, 0) is 37.5 Å². The third-order valence-corrected chi connectivity index (χ3v) is 2.41. The quantitative estimate of drug-likeness (QED) is 0.587. The van der Waals surface area contributed by atoms with E-state index in [1.807, 2.05) is 0 Å². The van der Waals surface area contributed by atoms with E-state index in [1.54, 1.807) is 19.1 Å². The highest BCUT2D eigenvalue weighted by molar-refractivity contribution is 6.17. The van der Waals surface area contributed by atoms with Gasteiger partial charge in [0.1, 0.15) is 5.82 Å². The molecule has 0 heterocycles. The molecule has 0 amide bonds. The summed E-state index contributed by atoms with van der Waals surface area (Å²) in [6, 6.07) is 4.39. The van der Waals surface area contributed by atoms with Crippen LogP contribution in [0, 0.1) is 5.82 Å². The van der Waals surface area contributed by atoms with E-state index in [2.05, 4.69) is 0 Å². The van der Waals surface area contributed by atoms with Gasteiger partial charge in [0.05, 0.1) is 12.2 Å². The molecule has 0 bridgehead atoms. The summed E-state index contributed by atoms with van der Waals surface area (Å²) in [7, 11) is 0. The standard InChI is InChI=1S/C12H14ClFO2/c1-2-16-12(15)10-6-5-9(4-3-7-13)11(14)8-10/h5-6,8H,2-4,7H2,1H3. The highest BCUT2D eigenvalue weighted by atomic mass is 35.5. The molecular formula is C12H14ClFO2. The molecule has 0 saturated carbocycles. The molecule has 0 aliphatic rings. The molecule has 16 heavy (non-hydrogen) atoms. The molecule has 1 aromatic rings. The Morgan fingerprint density at radius 2 is 2.25 bits per heavy atom. The van der Waals surface area contributed by atoms with Crippen LogP contribution < -0.4 is 0 Å². The van der Waals surface area contributed by atoms with Crippen molar-refractivity contribution < 1.29 is 13.9 Å². The molecule has 2 nitrogen and oxygen atoms in total. The van der Waals surface area contributed by atoms with Crippen LogP contribution >= 0.6 is 11.6 Å². The van der Waals surface area contributed by atoms with Gasteiger partial charge in [-0.15, -0.1) is 11.6 Å². The number of hydrogen-bond acceptors (Lipinski definition) is 2. The van der Waals surface area contributed by atoms with Gasteiger partial charge >= 0.3 is 5.97 Å². The summed E-state index contributed by atoms with van der Waals surface area (Å²) >= 11 is 5.53. The van der Waals surface area contributed by atoms with Crippen molar-refractivity contribution in [3.05, 3.63) is 35.1 Å². The van der Waals surface area contributed by atoms with Crippen LogP contribution in [0.25, 0.3) is 0 Å². The van der Waals surface area contributed by atoms with Crippen LogP contribution in [0.2, 0.25) is 0 Å². The van der Waals surface area contributed by atoms with E-state index in [1.165, 1.54) is 6.07 Å². The van der Waals surface area contributed by atoms with Gasteiger partial charge in [-0.3, -0.25) is 0 Å². The van der Waals surface area contributed by atoms with E-state index in [4.69, 9.17) is 16.3 Å². The van der Waals surface area contributed by atoms with Crippen LogP contribution in [0.3, 0.4) is 0 Å². The maximum absolute atomic E-state index is 13.5. The van der Waals surface area contributed by atoms with E-state index >= 15 is 0 Å². The Labute approximate surface area is 99.4 Å². The van der Waals surface area contributed by atoms with Crippen LogP contribution in [0.1, 0.15) is 29.3 Å². The molecule has 0 saturated heterocycles. The van der Waals surface area contributed by atoms with E-state index in [-0.39, 0.29) is 18.0 Å². The van der Waals surface area contributed by atoms with Crippen molar-refractivity contribution in [3.63, 3.8) is 0 Å². The van der Waals surface area contributed by atoms with Gasteiger partial charge in [-0.25, -0.2) is 9.18 Å². The zero-order valence-electron chi connectivity index (χ0n) is 9.13. The molecule has 0 fully saturated rings. The largest absolute Gasteiger partial charge is 0.462 e. The lowest BCUT2D eigenvalue weighted by atomic mass is 10.1. The third kappa shape index (κ3) is 3.49. The molecule has 0 aromatic heterocycles. The number of rotatable bonds is 5. The number of halogens is 2. The zero-order valence-corrected chi connectivity index (χ0v) is 9.89. The Balaban J connectivity index is 2.78. The monoisotopic (exact) mass is 244 g/mol. The van der Waals surface area contributed by atoms with Gasteiger partial charge in [0.25, 0.3) is 0 Å². The van der Waals surface area contributed by atoms with Crippen molar-refractivity contribution in [3.8, 4) is 0 Å². The molecule has 0 atom stereocenters. The first kappa shape index (κ1) is 13.0. The number of esters is 1. The van der Waals surface area contributed by atoms with Gasteiger partial charge in [0.15, 0.2) is 0 Å². The van der Waals surface area contributed by atoms with Crippen LogP contribution in [0.4, 0.5) is 4.39 Å². The van der Waals surface area contributed by atoms with Crippen LogP contribution in [-0.4, -0.2) is 18.5 Å². The average Bonchev–Trinajstić information content (AvgIpc) is 2.27. The molecule has 4 heteroatoms. The zero-order chi connectivity index (χ0) is 12.0. The lowest BCUT2D eigenvalue weighted by Gasteiger charge is -2.05. The summed E-state index contributed by atoms with van der Waals surface area (Å²) in [5, 5.41) is 0. The molecule has 0 radical (unpaired) electrons. The first-order valence-electron chi connectivity index (χ1n) is 5.20. The van der Waals surface area contributed by atoms with Gasteiger partial charge < -0.3 is 4.74 Å². The normalized spacial score (nSPS) is 10.2. The summed E-state index contributed by atoms with van der Waals surface area (Å²) < 4.78 is 18.3. The Hall–Kier alpha value is -1.09. The van der Waals surface area contributed by atoms with Crippen LogP contribution in [0.15, 0.2) is 18.2 Å². The fourth-order valence-electron chi connectivity index (χ4n) is 1.35. The smallest absolute Gasteiger partial charge is 0.338 e. The fourth-order valence-corrected chi connectivity index (χ4v) is 1.48. The Bertz CT molecular complexity index is 366. The number of ether oxygens (including phenoxy) is 1. The van der Waals surface area contributed by atoms with Crippen molar-refractivity contribution in [2.45, 2.75) is 19.8 Å². The number of carbonyl (C=O) groups excluding carboxylic acids is 1. The van der Waals surface area contributed by atoms with Gasteiger partial charge in [-0.1, -0.05) is 6.07 Å². The summed E-state index contributed by atoms with van der Waals surface area (Å²) in [6.07, 6.45) is 1.30. The second kappa shape index (κ2) is 6.48. The van der Waals surface area contributed by atoms with Crippen molar-refractivity contribution in [1.29, 1.82) is 0 Å². The molecular weight excluding hydrogens is 231 g/mol. The third-order valence-electron chi connectivity index (χ3n) is 2.14. The number of carbonyl (C=O) groups is 1. The van der Waals surface area contributed by atoms with E-state index in [0.29, 0.717) is 17.9 Å². The second-order valence-electron chi connectivity index (χ2n) is 3.32. The molecule has 88 valence electrons. The first-order chi connectivity index (χ1) is 7.69. The maximum Gasteiger partial charge on any atom is 0.338 e.